The topological polar surface area (TPSA) is 49.4 Å². The molecule has 0 aliphatic carbocycles. The van der Waals surface area contributed by atoms with Gasteiger partial charge in [-0.15, -0.1) is 0 Å². The number of nitrogens with one attached hydrogen (secondary N) is 1. The molecule has 1 aliphatic rings. The third-order valence-corrected chi connectivity index (χ3v) is 4.38. The summed E-state index contributed by atoms with van der Waals surface area (Å²) in [4.78, 5) is 26.2. The number of anilines is 1. The quantitative estimate of drug-likeness (QED) is 0.671. The number of halogens is 4. The second-order valence-corrected chi connectivity index (χ2v) is 6.07. The van der Waals surface area contributed by atoms with Crippen molar-refractivity contribution < 1.29 is 27.2 Å². The zero-order valence-electron chi connectivity index (χ0n) is 13.6. The van der Waals surface area contributed by atoms with Gasteiger partial charge in [-0.1, -0.05) is 12.1 Å². The molecule has 8 heteroatoms. The SMILES string of the molecule is CN1CC(c2ccc(F)c(F)c2)C(C(=O)Nc2cccc(F)c2F)C1=O. The molecule has 0 aromatic heterocycles. The molecule has 2 amide bonds. The molecular formula is C18H14F4N2O2. The van der Waals surface area contributed by atoms with E-state index in [1.807, 2.05) is 0 Å². The zero-order chi connectivity index (χ0) is 19.0. The number of benzene rings is 2. The third kappa shape index (κ3) is 3.14. The Kier molecular flexibility index (Phi) is 4.67. The highest BCUT2D eigenvalue weighted by Crippen LogP contribution is 2.34. The summed E-state index contributed by atoms with van der Waals surface area (Å²) in [5, 5.41) is 2.20. The smallest absolute Gasteiger partial charge is 0.237 e. The van der Waals surface area contributed by atoms with Gasteiger partial charge in [-0.3, -0.25) is 9.59 Å². The Morgan fingerprint density at radius 1 is 1.08 bits per heavy atom. The molecule has 2 aromatic carbocycles. The number of likely N-dealkylation sites (N-methyl/N-ethyl adjacent to an activating group) is 1. The Morgan fingerprint density at radius 3 is 2.50 bits per heavy atom. The lowest BCUT2D eigenvalue weighted by Crippen LogP contribution is -2.33. The molecule has 1 N–H and O–H groups in total. The van der Waals surface area contributed by atoms with Crippen LogP contribution in [0.2, 0.25) is 0 Å². The number of rotatable bonds is 3. The van der Waals surface area contributed by atoms with E-state index in [0.717, 1.165) is 24.3 Å². The first kappa shape index (κ1) is 17.9. The van der Waals surface area contributed by atoms with E-state index in [0.29, 0.717) is 0 Å². The Morgan fingerprint density at radius 2 is 1.81 bits per heavy atom. The molecule has 0 saturated carbocycles. The van der Waals surface area contributed by atoms with Crippen LogP contribution in [0.1, 0.15) is 11.5 Å². The zero-order valence-corrected chi connectivity index (χ0v) is 13.6. The summed E-state index contributed by atoms with van der Waals surface area (Å²) in [6, 6.07) is 6.39. The number of amides is 2. The lowest BCUT2D eigenvalue weighted by Gasteiger charge is -2.17. The summed E-state index contributed by atoms with van der Waals surface area (Å²) < 4.78 is 53.7. The van der Waals surface area contributed by atoms with Crippen LogP contribution in [0.15, 0.2) is 36.4 Å². The fraction of sp³-hybridized carbons (Fsp3) is 0.222. The first-order valence-electron chi connectivity index (χ1n) is 7.74. The van der Waals surface area contributed by atoms with Crippen molar-refractivity contribution >= 4 is 17.5 Å². The van der Waals surface area contributed by atoms with Crippen LogP contribution < -0.4 is 5.32 Å². The monoisotopic (exact) mass is 366 g/mol. The highest BCUT2D eigenvalue weighted by atomic mass is 19.2. The predicted molar refractivity (Wildman–Crippen MR) is 85.2 cm³/mol. The van der Waals surface area contributed by atoms with Gasteiger partial charge in [-0.2, -0.15) is 0 Å². The number of carbonyl (C=O) groups is 2. The lowest BCUT2D eigenvalue weighted by molar-refractivity contribution is -0.135. The summed E-state index contributed by atoms with van der Waals surface area (Å²) in [6.45, 7) is 0.105. The Balaban J connectivity index is 1.91. The molecule has 4 nitrogen and oxygen atoms in total. The van der Waals surface area contributed by atoms with Crippen molar-refractivity contribution in [3.8, 4) is 0 Å². The molecule has 3 rings (SSSR count). The average molecular weight is 366 g/mol. The van der Waals surface area contributed by atoms with Gasteiger partial charge in [-0.25, -0.2) is 17.6 Å². The second kappa shape index (κ2) is 6.78. The minimum Gasteiger partial charge on any atom is -0.344 e. The maximum Gasteiger partial charge on any atom is 0.237 e. The number of hydrogen-bond donors (Lipinski definition) is 1. The minimum absolute atomic E-state index is 0.105. The van der Waals surface area contributed by atoms with Gasteiger partial charge in [0.1, 0.15) is 5.92 Å². The van der Waals surface area contributed by atoms with Crippen molar-refractivity contribution in [1.82, 2.24) is 4.90 Å². The van der Waals surface area contributed by atoms with Crippen LogP contribution in [-0.2, 0) is 9.59 Å². The second-order valence-electron chi connectivity index (χ2n) is 6.07. The molecule has 26 heavy (non-hydrogen) atoms. The van der Waals surface area contributed by atoms with Gasteiger partial charge in [0.15, 0.2) is 23.3 Å². The van der Waals surface area contributed by atoms with Gasteiger partial charge in [0.25, 0.3) is 0 Å². The third-order valence-electron chi connectivity index (χ3n) is 4.38. The highest BCUT2D eigenvalue weighted by Gasteiger charge is 2.44. The van der Waals surface area contributed by atoms with Gasteiger partial charge >= 0.3 is 0 Å². The van der Waals surface area contributed by atoms with Gasteiger partial charge in [0, 0.05) is 19.5 Å². The summed E-state index contributed by atoms with van der Waals surface area (Å²) in [5.41, 5.74) is -0.136. The van der Waals surface area contributed by atoms with E-state index in [9.17, 15) is 27.2 Å². The van der Waals surface area contributed by atoms with E-state index >= 15 is 0 Å². The molecule has 2 unspecified atom stereocenters. The predicted octanol–water partition coefficient (Wildman–Crippen LogP) is 3.05. The van der Waals surface area contributed by atoms with Crippen LogP contribution in [0, 0.1) is 29.2 Å². The summed E-state index contributed by atoms with van der Waals surface area (Å²) in [7, 11) is 1.46. The van der Waals surface area contributed by atoms with Crippen LogP contribution in [-0.4, -0.2) is 30.3 Å². The van der Waals surface area contributed by atoms with Crippen LogP contribution in [0.5, 0.6) is 0 Å². The van der Waals surface area contributed by atoms with Gasteiger partial charge in [0.2, 0.25) is 11.8 Å². The van der Waals surface area contributed by atoms with Crippen molar-refractivity contribution in [2.24, 2.45) is 5.92 Å². The average Bonchev–Trinajstić information content (AvgIpc) is 2.89. The first-order valence-corrected chi connectivity index (χ1v) is 7.74. The fourth-order valence-electron chi connectivity index (χ4n) is 3.05. The number of nitrogens with zero attached hydrogens (tertiary/aromatic N) is 1. The van der Waals surface area contributed by atoms with Crippen molar-refractivity contribution in [3.05, 3.63) is 65.2 Å². The van der Waals surface area contributed by atoms with E-state index < -0.39 is 52.6 Å². The largest absolute Gasteiger partial charge is 0.344 e. The molecule has 1 saturated heterocycles. The molecule has 0 radical (unpaired) electrons. The van der Waals surface area contributed by atoms with Crippen LogP contribution in [0.4, 0.5) is 23.2 Å². The molecule has 1 fully saturated rings. The Labute approximate surface area is 146 Å². The van der Waals surface area contributed by atoms with Crippen molar-refractivity contribution in [3.63, 3.8) is 0 Å². The maximum atomic E-state index is 13.8. The van der Waals surface area contributed by atoms with E-state index in [1.165, 1.54) is 24.1 Å². The van der Waals surface area contributed by atoms with Crippen molar-refractivity contribution in [2.45, 2.75) is 5.92 Å². The molecular weight excluding hydrogens is 352 g/mol. The Bertz CT molecular complexity index is 887. The molecule has 1 aliphatic heterocycles. The van der Waals surface area contributed by atoms with Crippen molar-refractivity contribution in [1.29, 1.82) is 0 Å². The van der Waals surface area contributed by atoms with E-state index in [2.05, 4.69) is 5.32 Å². The van der Waals surface area contributed by atoms with Gasteiger partial charge < -0.3 is 10.2 Å². The lowest BCUT2D eigenvalue weighted by atomic mass is 9.87. The molecule has 136 valence electrons. The summed E-state index contributed by atoms with van der Waals surface area (Å²) in [5.74, 6) is -7.95. The number of hydrogen-bond acceptors (Lipinski definition) is 2. The maximum absolute atomic E-state index is 13.8. The summed E-state index contributed by atoms with van der Waals surface area (Å²) >= 11 is 0. The molecule has 0 spiro atoms. The van der Waals surface area contributed by atoms with Gasteiger partial charge in [0.05, 0.1) is 5.69 Å². The van der Waals surface area contributed by atoms with E-state index in [4.69, 9.17) is 0 Å². The summed E-state index contributed by atoms with van der Waals surface area (Å²) in [6.07, 6.45) is 0. The van der Waals surface area contributed by atoms with E-state index in [-0.39, 0.29) is 12.1 Å². The number of likely N-dealkylation sites (tertiary alicyclic amines) is 1. The van der Waals surface area contributed by atoms with Crippen molar-refractivity contribution in [2.75, 3.05) is 18.9 Å². The standard InChI is InChI=1S/C18H14F4N2O2/c1-24-8-10(9-5-6-11(19)13(21)7-9)15(18(24)26)17(25)23-14-4-2-3-12(20)16(14)22/h2-7,10,15H,8H2,1H3,(H,23,25). The fourth-order valence-corrected chi connectivity index (χ4v) is 3.05. The molecule has 2 aromatic rings. The Hall–Kier alpha value is -2.90. The minimum atomic E-state index is -1.27. The van der Waals surface area contributed by atoms with Crippen LogP contribution >= 0.6 is 0 Å². The van der Waals surface area contributed by atoms with Crippen LogP contribution in [0.25, 0.3) is 0 Å². The highest BCUT2D eigenvalue weighted by molar-refractivity contribution is 6.08. The normalized spacial score (nSPS) is 19.7. The van der Waals surface area contributed by atoms with Gasteiger partial charge in [-0.05, 0) is 29.8 Å². The first-order chi connectivity index (χ1) is 12.3. The molecule has 0 bridgehead atoms. The molecule has 1 heterocycles. The van der Waals surface area contributed by atoms with E-state index in [1.54, 1.807) is 0 Å². The number of carbonyl (C=O) groups excluding carboxylic acids is 2. The van der Waals surface area contributed by atoms with Crippen LogP contribution in [0.3, 0.4) is 0 Å². The molecule has 2 atom stereocenters.